The summed E-state index contributed by atoms with van der Waals surface area (Å²) in [6.45, 7) is 0.580. The zero-order chi connectivity index (χ0) is 21.4. The van der Waals surface area contributed by atoms with Gasteiger partial charge in [-0.25, -0.2) is 12.7 Å². The first kappa shape index (κ1) is 23.2. The molecule has 0 fully saturated rings. The van der Waals surface area contributed by atoms with E-state index in [1.165, 1.54) is 29.6 Å². The van der Waals surface area contributed by atoms with Gasteiger partial charge >= 0.3 is 0 Å². The van der Waals surface area contributed by atoms with Crippen LogP contribution in [0.25, 0.3) is 0 Å². The fraction of sp³-hybridized carbons (Fsp3) is 0.300. The molecular formula is C20H21Cl2N3O3S. The lowest BCUT2D eigenvalue weighted by Gasteiger charge is -2.18. The van der Waals surface area contributed by atoms with Crippen LogP contribution in [-0.4, -0.2) is 38.8 Å². The third-order valence-electron chi connectivity index (χ3n) is 4.30. The molecule has 0 bridgehead atoms. The Hall–Kier alpha value is -2.11. The number of hydrogen-bond donors (Lipinski definition) is 1. The van der Waals surface area contributed by atoms with Crippen molar-refractivity contribution in [1.29, 1.82) is 5.26 Å². The van der Waals surface area contributed by atoms with Crippen LogP contribution in [-0.2, 0) is 21.2 Å². The molecule has 2 aromatic carbocycles. The highest BCUT2D eigenvalue weighted by Gasteiger charge is 2.24. The lowest BCUT2D eigenvalue weighted by atomic mass is 10.1. The lowest BCUT2D eigenvalue weighted by Crippen LogP contribution is -2.31. The molecule has 0 heterocycles. The summed E-state index contributed by atoms with van der Waals surface area (Å²) in [5.74, 6) is -0.113. The van der Waals surface area contributed by atoms with Crippen LogP contribution in [0.4, 0.5) is 0 Å². The first-order valence-corrected chi connectivity index (χ1v) is 11.1. The maximum atomic E-state index is 12.6. The number of carbonyl (C=O) groups excluding carboxylic acids is 1. The first-order valence-electron chi connectivity index (χ1n) is 8.92. The quantitative estimate of drug-likeness (QED) is 0.586. The van der Waals surface area contributed by atoms with E-state index in [1.807, 2.05) is 18.2 Å². The molecule has 154 valence electrons. The minimum atomic E-state index is -3.76. The SMILES string of the molecule is CN(CCCNC(=O)CCc1ccc(C#N)cc1)S(=O)(=O)c1cccc(Cl)c1Cl. The summed E-state index contributed by atoms with van der Waals surface area (Å²) in [7, 11) is -2.31. The van der Waals surface area contributed by atoms with Gasteiger partial charge in [-0.15, -0.1) is 0 Å². The van der Waals surface area contributed by atoms with Gasteiger partial charge in [-0.3, -0.25) is 4.79 Å². The molecule has 0 saturated carbocycles. The highest BCUT2D eigenvalue weighted by molar-refractivity contribution is 7.89. The van der Waals surface area contributed by atoms with Crippen molar-refractivity contribution in [2.75, 3.05) is 20.1 Å². The van der Waals surface area contributed by atoms with E-state index in [2.05, 4.69) is 5.32 Å². The summed E-state index contributed by atoms with van der Waals surface area (Å²) in [6, 6.07) is 13.6. The van der Waals surface area contributed by atoms with E-state index >= 15 is 0 Å². The largest absolute Gasteiger partial charge is 0.356 e. The summed E-state index contributed by atoms with van der Waals surface area (Å²) in [5.41, 5.74) is 1.56. The molecule has 2 aromatic rings. The number of nitrogens with zero attached hydrogens (tertiary/aromatic N) is 2. The van der Waals surface area contributed by atoms with E-state index < -0.39 is 10.0 Å². The molecule has 0 aliphatic heterocycles. The second-order valence-electron chi connectivity index (χ2n) is 6.39. The summed E-state index contributed by atoms with van der Waals surface area (Å²) < 4.78 is 26.4. The molecule has 0 spiro atoms. The molecule has 0 atom stereocenters. The minimum Gasteiger partial charge on any atom is -0.356 e. The Morgan fingerprint density at radius 1 is 1.17 bits per heavy atom. The van der Waals surface area contributed by atoms with Gasteiger partial charge in [0.15, 0.2) is 0 Å². The van der Waals surface area contributed by atoms with Crippen molar-refractivity contribution in [2.45, 2.75) is 24.2 Å². The Morgan fingerprint density at radius 3 is 2.52 bits per heavy atom. The molecular weight excluding hydrogens is 433 g/mol. The van der Waals surface area contributed by atoms with E-state index in [1.54, 1.807) is 12.1 Å². The number of sulfonamides is 1. The van der Waals surface area contributed by atoms with E-state index in [9.17, 15) is 13.2 Å². The van der Waals surface area contributed by atoms with Crippen molar-refractivity contribution in [3.05, 3.63) is 63.6 Å². The molecule has 0 unspecified atom stereocenters. The van der Waals surface area contributed by atoms with Gasteiger partial charge in [0.1, 0.15) is 4.90 Å². The molecule has 1 N–H and O–H groups in total. The van der Waals surface area contributed by atoms with Gasteiger partial charge < -0.3 is 5.32 Å². The van der Waals surface area contributed by atoms with Crippen molar-refractivity contribution in [3.63, 3.8) is 0 Å². The van der Waals surface area contributed by atoms with Gasteiger partial charge in [0.25, 0.3) is 0 Å². The van der Waals surface area contributed by atoms with Crippen LogP contribution in [0.1, 0.15) is 24.0 Å². The van der Waals surface area contributed by atoms with Gasteiger partial charge in [0.05, 0.1) is 21.7 Å². The molecule has 0 aromatic heterocycles. The van der Waals surface area contributed by atoms with Crippen LogP contribution in [0.5, 0.6) is 0 Å². The Labute approximate surface area is 181 Å². The van der Waals surface area contributed by atoms with Gasteiger partial charge in [-0.2, -0.15) is 5.26 Å². The molecule has 0 aliphatic rings. The van der Waals surface area contributed by atoms with Crippen LogP contribution in [0.3, 0.4) is 0 Å². The normalized spacial score (nSPS) is 11.3. The fourth-order valence-electron chi connectivity index (χ4n) is 2.59. The fourth-order valence-corrected chi connectivity index (χ4v) is 4.53. The highest BCUT2D eigenvalue weighted by Crippen LogP contribution is 2.30. The minimum absolute atomic E-state index is 0.00266. The number of nitrogens with one attached hydrogen (secondary N) is 1. The van der Waals surface area contributed by atoms with Crippen molar-refractivity contribution in [3.8, 4) is 6.07 Å². The Balaban J connectivity index is 1.76. The molecule has 1 amide bonds. The number of nitriles is 1. The van der Waals surface area contributed by atoms with Crippen molar-refractivity contribution >= 4 is 39.1 Å². The van der Waals surface area contributed by atoms with Gasteiger partial charge in [-0.1, -0.05) is 41.4 Å². The standard InChI is InChI=1S/C20H21Cl2N3O3S/c1-25(29(27,28)18-5-2-4-17(21)20(18)22)13-3-12-24-19(26)11-10-15-6-8-16(14-23)9-7-15/h2,4-9H,3,10-13H2,1H3,(H,24,26). The zero-order valence-electron chi connectivity index (χ0n) is 15.9. The summed E-state index contributed by atoms with van der Waals surface area (Å²) in [5, 5.41) is 11.7. The van der Waals surface area contributed by atoms with Gasteiger partial charge in [0.2, 0.25) is 15.9 Å². The number of rotatable bonds is 9. The Morgan fingerprint density at radius 2 is 1.86 bits per heavy atom. The van der Waals surface area contributed by atoms with Crippen LogP contribution in [0.2, 0.25) is 10.0 Å². The summed E-state index contributed by atoms with van der Waals surface area (Å²) in [6.07, 6.45) is 1.34. The number of aryl methyl sites for hydroxylation is 1. The second kappa shape index (κ2) is 10.6. The summed E-state index contributed by atoms with van der Waals surface area (Å²) in [4.78, 5) is 11.9. The second-order valence-corrected chi connectivity index (χ2v) is 9.19. The van der Waals surface area contributed by atoms with Crippen LogP contribution in [0, 0.1) is 11.3 Å². The van der Waals surface area contributed by atoms with Crippen LogP contribution >= 0.6 is 23.2 Å². The third kappa shape index (κ3) is 6.44. The highest BCUT2D eigenvalue weighted by atomic mass is 35.5. The number of carbonyl (C=O) groups is 1. The van der Waals surface area contributed by atoms with Crippen LogP contribution < -0.4 is 5.32 Å². The third-order valence-corrected chi connectivity index (χ3v) is 7.13. The average Bonchev–Trinajstić information content (AvgIpc) is 2.71. The Kier molecular flexibility index (Phi) is 8.47. The monoisotopic (exact) mass is 453 g/mol. The van der Waals surface area contributed by atoms with E-state index in [4.69, 9.17) is 28.5 Å². The van der Waals surface area contributed by atoms with Crippen molar-refractivity contribution in [2.24, 2.45) is 0 Å². The number of amides is 1. The predicted octanol–water partition coefficient (Wildman–Crippen LogP) is 3.62. The van der Waals surface area contributed by atoms with E-state index in [0.29, 0.717) is 31.4 Å². The van der Waals surface area contributed by atoms with Crippen LogP contribution in [0.15, 0.2) is 47.4 Å². The van der Waals surface area contributed by atoms with Gasteiger partial charge in [-0.05, 0) is 42.7 Å². The average molecular weight is 454 g/mol. The zero-order valence-corrected chi connectivity index (χ0v) is 18.2. The first-order chi connectivity index (χ1) is 13.8. The Bertz CT molecular complexity index is 1000. The van der Waals surface area contributed by atoms with E-state index in [-0.39, 0.29) is 27.4 Å². The number of benzene rings is 2. The topological polar surface area (TPSA) is 90.3 Å². The molecule has 6 nitrogen and oxygen atoms in total. The smallest absolute Gasteiger partial charge is 0.244 e. The summed E-state index contributed by atoms with van der Waals surface area (Å²) >= 11 is 11.9. The molecule has 29 heavy (non-hydrogen) atoms. The van der Waals surface area contributed by atoms with Crippen molar-refractivity contribution < 1.29 is 13.2 Å². The van der Waals surface area contributed by atoms with Crippen molar-refractivity contribution in [1.82, 2.24) is 9.62 Å². The van der Waals surface area contributed by atoms with Gasteiger partial charge in [0, 0.05) is 26.6 Å². The molecule has 2 rings (SSSR count). The molecule has 9 heteroatoms. The molecule has 0 aliphatic carbocycles. The molecule has 0 saturated heterocycles. The lowest BCUT2D eigenvalue weighted by molar-refractivity contribution is -0.121. The van der Waals surface area contributed by atoms with E-state index in [0.717, 1.165) is 5.56 Å². The number of halogens is 2. The number of hydrogen-bond acceptors (Lipinski definition) is 4. The molecule has 0 radical (unpaired) electrons. The maximum absolute atomic E-state index is 12.6. The predicted molar refractivity (Wildman–Crippen MR) is 113 cm³/mol. The maximum Gasteiger partial charge on any atom is 0.244 e.